The summed E-state index contributed by atoms with van der Waals surface area (Å²) >= 11 is 0. The van der Waals surface area contributed by atoms with Crippen LogP contribution >= 0.6 is 0 Å². The second-order valence-electron chi connectivity index (χ2n) is 4.93. The van der Waals surface area contributed by atoms with E-state index in [4.69, 9.17) is 4.74 Å². The number of ether oxygens (including phenoxy) is 1. The van der Waals surface area contributed by atoms with Crippen LogP contribution in [0.5, 0.6) is 5.75 Å². The number of nitrogens with one attached hydrogen (secondary N) is 1. The minimum atomic E-state index is -4.48. The van der Waals surface area contributed by atoms with Gasteiger partial charge in [0.05, 0.1) is 11.1 Å². The standard InChI is InChI=1S/C16H11F6NO2/c17-15(18,19)10-1-5-12(6-2-10)23-14(24)9-25-13-7-3-11(4-8-13)16(20,21)22/h1-8H,9H2,(H,23,24). The molecule has 0 heterocycles. The van der Waals surface area contributed by atoms with E-state index in [1.165, 1.54) is 0 Å². The first-order chi connectivity index (χ1) is 11.6. The second kappa shape index (κ2) is 7.04. The summed E-state index contributed by atoms with van der Waals surface area (Å²) in [6, 6.07) is 7.53. The van der Waals surface area contributed by atoms with Crippen molar-refractivity contribution in [2.24, 2.45) is 0 Å². The van der Waals surface area contributed by atoms with E-state index < -0.39 is 36.0 Å². The highest BCUT2D eigenvalue weighted by molar-refractivity contribution is 5.91. The maximum Gasteiger partial charge on any atom is 0.416 e. The van der Waals surface area contributed by atoms with Gasteiger partial charge in [0, 0.05) is 5.69 Å². The van der Waals surface area contributed by atoms with Crippen molar-refractivity contribution in [2.75, 3.05) is 11.9 Å². The Kier molecular flexibility index (Phi) is 5.24. The number of hydrogen-bond donors (Lipinski definition) is 1. The molecule has 0 saturated heterocycles. The van der Waals surface area contributed by atoms with Crippen LogP contribution in [0.1, 0.15) is 11.1 Å². The molecular formula is C16H11F6NO2. The molecule has 1 N–H and O–H groups in total. The molecule has 0 bridgehead atoms. The predicted molar refractivity (Wildman–Crippen MR) is 77.0 cm³/mol. The first-order valence-corrected chi connectivity index (χ1v) is 6.83. The summed E-state index contributed by atoms with van der Waals surface area (Å²) in [5.74, 6) is -0.616. The van der Waals surface area contributed by atoms with Crippen molar-refractivity contribution in [2.45, 2.75) is 12.4 Å². The summed E-state index contributed by atoms with van der Waals surface area (Å²) in [5, 5.41) is 2.32. The van der Waals surface area contributed by atoms with E-state index >= 15 is 0 Å². The molecule has 1 amide bonds. The molecule has 0 aliphatic rings. The summed E-state index contributed by atoms with van der Waals surface area (Å²) in [5.41, 5.74) is -1.57. The molecule has 0 unspecified atom stereocenters. The van der Waals surface area contributed by atoms with E-state index in [1.807, 2.05) is 0 Å². The maximum atomic E-state index is 12.4. The van der Waals surface area contributed by atoms with Crippen LogP contribution in [-0.2, 0) is 17.1 Å². The lowest BCUT2D eigenvalue weighted by Crippen LogP contribution is -2.20. The van der Waals surface area contributed by atoms with Crippen molar-refractivity contribution >= 4 is 11.6 Å². The molecule has 2 rings (SSSR count). The normalized spacial score (nSPS) is 11.9. The molecule has 0 aliphatic carbocycles. The summed E-state index contributed by atoms with van der Waals surface area (Å²) in [7, 11) is 0. The molecule has 134 valence electrons. The molecule has 0 aromatic heterocycles. The van der Waals surface area contributed by atoms with Crippen LogP contribution in [-0.4, -0.2) is 12.5 Å². The number of benzene rings is 2. The molecule has 25 heavy (non-hydrogen) atoms. The Morgan fingerprint density at radius 1 is 0.800 bits per heavy atom. The van der Waals surface area contributed by atoms with Crippen molar-refractivity contribution in [1.82, 2.24) is 0 Å². The largest absolute Gasteiger partial charge is 0.484 e. The lowest BCUT2D eigenvalue weighted by molar-refractivity contribution is -0.138. The minimum absolute atomic E-state index is 0.0515. The Balaban J connectivity index is 1.88. The Labute approximate surface area is 138 Å². The Morgan fingerprint density at radius 2 is 1.24 bits per heavy atom. The summed E-state index contributed by atoms with van der Waals surface area (Å²) in [6.45, 7) is -0.508. The lowest BCUT2D eigenvalue weighted by Gasteiger charge is -2.10. The quantitative estimate of drug-likeness (QED) is 0.797. The molecule has 0 radical (unpaired) electrons. The smallest absolute Gasteiger partial charge is 0.416 e. The maximum absolute atomic E-state index is 12.4. The minimum Gasteiger partial charge on any atom is -0.484 e. The van der Waals surface area contributed by atoms with Crippen LogP contribution in [0.25, 0.3) is 0 Å². The topological polar surface area (TPSA) is 38.3 Å². The number of carbonyl (C=O) groups is 1. The molecule has 2 aromatic rings. The van der Waals surface area contributed by atoms with Crippen LogP contribution in [0.3, 0.4) is 0 Å². The van der Waals surface area contributed by atoms with Gasteiger partial charge in [-0.25, -0.2) is 0 Å². The fourth-order valence-electron chi connectivity index (χ4n) is 1.83. The van der Waals surface area contributed by atoms with Gasteiger partial charge in [0.2, 0.25) is 0 Å². The van der Waals surface area contributed by atoms with Crippen LogP contribution in [0.15, 0.2) is 48.5 Å². The number of carbonyl (C=O) groups excluding carboxylic acids is 1. The third-order valence-electron chi connectivity index (χ3n) is 3.05. The van der Waals surface area contributed by atoms with E-state index in [-0.39, 0.29) is 11.4 Å². The van der Waals surface area contributed by atoms with Gasteiger partial charge in [-0.1, -0.05) is 0 Å². The molecular weight excluding hydrogens is 352 g/mol. The van der Waals surface area contributed by atoms with Crippen molar-refractivity contribution in [3.63, 3.8) is 0 Å². The third-order valence-corrected chi connectivity index (χ3v) is 3.05. The molecule has 9 heteroatoms. The average molecular weight is 363 g/mol. The van der Waals surface area contributed by atoms with E-state index in [0.29, 0.717) is 0 Å². The zero-order valence-corrected chi connectivity index (χ0v) is 12.4. The van der Waals surface area contributed by atoms with Gasteiger partial charge < -0.3 is 10.1 Å². The Hall–Kier alpha value is -2.71. The Bertz CT molecular complexity index is 720. The molecule has 2 aromatic carbocycles. The van der Waals surface area contributed by atoms with Crippen molar-refractivity contribution in [1.29, 1.82) is 0 Å². The number of amides is 1. The van der Waals surface area contributed by atoms with E-state index in [1.54, 1.807) is 0 Å². The number of hydrogen-bond acceptors (Lipinski definition) is 2. The lowest BCUT2D eigenvalue weighted by atomic mass is 10.2. The third kappa shape index (κ3) is 5.40. The molecule has 0 atom stereocenters. The van der Waals surface area contributed by atoms with E-state index in [9.17, 15) is 31.1 Å². The SMILES string of the molecule is O=C(COc1ccc(C(F)(F)F)cc1)Nc1ccc(C(F)(F)F)cc1. The average Bonchev–Trinajstić information content (AvgIpc) is 2.52. The van der Waals surface area contributed by atoms with Gasteiger partial charge in [-0.2, -0.15) is 26.3 Å². The van der Waals surface area contributed by atoms with Gasteiger partial charge in [0.1, 0.15) is 5.75 Å². The highest BCUT2D eigenvalue weighted by Crippen LogP contribution is 2.31. The molecule has 3 nitrogen and oxygen atoms in total. The van der Waals surface area contributed by atoms with Gasteiger partial charge >= 0.3 is 12.4 Å². The van der Waals surface area contributed by atoms with Gasteiger partial charge in [0.15, 0.2) is 6.61 Å². The number of halogens is 6. The molecule has 0 saturated carbocycles. The fourth-order valence-corrected chi connectivity index (χ4v) is 1.83. The fraction of sp³-hybridized carbons (Fsp3) is 0.188. The zero-order valence-electron chi connectivity index (χ0n) is 12.4. The van der Waals surface area contributed by atoms with Gasteiger partial charge in [-0.05, 0) is 48.5 Å². The summed E-state index contributed by atoms with van der Waals surface area (Å²) in [4.78, 5) is 11.7. The summed E-state index contributed by atoms with van der Waals surface area (Å²) in [6.07, 6.45) is -8.95. The Morgan fingerprint density at radius 3 is 1.68 bits per heavy atom. The first kappa shape index (κ1) is 18.6. The van der Waals surface area contributed by atoms with Gasteiger partial charge in [0.25, 0.3) is 5.91 Å². The highest BCUT2D eigenvalue weighted by Gasteiger charge is 2.30. The summed E-state index contributed by atoms with van der Waals surface area (Å²) < 4.78 is 79.5. The van der Waals surface area contributed by atoms with Crippen LogP contribution < -0.4 is 10.1 Å². The van der Waals surface area contributed by atoms with Gasteiger partial charge in [-0.3, -0.25) is 4.79 Å². The number of alkyl halides is 6. The van der Waals surface area contributed by atoms with Crippen LogP contribution in [0.2, 0.25) is 0 Å². The van der Waals surface area contributed by atoms with Crippen molar-refractivity contribution < 1.29 is 35.9 Å². The zero-order chi connectivity index (χ0) is 18.7. The number of anilines is 1. The van der Waals surface area contributed by atoms with E-state index in [0.717, 1.165) is 48.5 Å². The molecule has 0 aliphatic heterocycles. The second-order valence-corrected chi connectivity index (χ2v) is 4.93. The van der Waals surface area contributed by atoms with E-state index in [2.05, 4.69) is 5.32 Å². The van der Waals surface area contributed by atoms with Crippen LogP contribution in [0, 0.1) is 0 Å². The highest BCUT2D eigenvalue weighted by atomic mass is 19.4. The van der Waals surface area contributed by atoms with Gasteiger partial charge in [-0.15, -0.1) is 0 Å². The molecule has 0 fully saturated rings. The predicted octanol–water partition coefficient (Wildman–Crippen LogP) is 4.74. The first-order valence-electron chi connectivity index (χ1n) is 6.83. The van der Waals surface area contributed by atoms with Crippen molar-refractivity contribution in [3.05, 3.63) is 59.7 Å². The number of rotatable bonds is 4. The van der Waals surface area contributed by atoms with Crippen LogP contribution in [0.4, 0.5) is 32.0 Å². The monoisotopic (exact) mass is 363 g/mol. The van der Waals surface area contributed by atoms with Crippen molar-refractivity contribution in [3.8, 4) is 5.75 Å². The molecule has 0 spiro atoms.